The summed E-state index contributed by atoms with van der Waals surface area (Å²) in [4.78, 5) is 12.7. The van der Waals surface area contributed by atoms with E-state index in [0.717, 1.165) is 18.8 Å². The molecule has 1 aromatic rings. The number of aromatic carboxylic acids is 1. The highest BCUT2D eigenvalue weighted by molar-refractivity contribution is 5.88. The Morgan fingerprint density at radius 2 is 1.93 bits per heavy atom. The maximum absolute atomic E-state index is 10.6. The first-order chi connectivity index (χ1) is 7.20. The van der Waals surface area contributed by atoms with Crippen molar-refractivity contribution in [2.45, 2.75) is 0 Å². The fraction of sp³-hybridized carbons (Fsp3) is 0.364. The van der Waals surface area contributed by atoms with Crippen molar-refractivity contribution in [3.63, 3.8) is 0 Å². The second-order valence-electron chi connectivity index (χ2n) is 3.81. The third-order valence-corrected chi connectivity index (χ3v) is 2.69. The topological polar surface area (TPSA) is 60.8 Å². The molecule has 0 aliphatic carbocycles. The smallest absolute Gasteiger partial charge is 0.335 e. The summed E-state index contributed by atoms with van der Waals surface area (Å²) in [5.41, 5.74) is 1.32. The molecule has 80 valence electrons. The van der Waals surface area contributed by atoms with E-state index in [4.69, 9.17) is 10.2 Å². The van der Waals surface area contributed by atoms with Crippen molar-refractivity contribution >= 4 is 11.7 Å². The van der Waals surface area contributed by atoms with Gasteiger partial charge in [0.1, 0.15) is 0 Å². The van der Waals surface area contributed by atoms with Gasteiger partial charge < -0.3 is 15.1 Å². The van der Waals surface area contributed by atoms with Crippen molar-refractivity contribution in [3.05, 3.63) is 29.8 Å². The second-order valence-corrected chi connectivity index (χ2v) is 3.81. The Labute approximate surface area is 87.8 Å². The Morgan fingerprint density at radius 1 is 1.33 bits per heavy atom. The van der Waals surface area contributed by atoms with Crippen LogP contribution in [0.3, 0.4) is 0 Å². The molecule has 1 saturated heterocycles. The number of carbonyl (C=O) groups is 1. The highest BCUT2D eigenvalue weighted by Crippen LogP contribution is 2.24. The first kappa shape index (κ1) is 9.98. The molecule has 1 aliphatic rings. The summed E-state index contributed by atoms with van der Waals surface area (Å²) < 4.78 is 0. The Balaban J connectivity index is 2.02. The fourth-order valence-corrected chi connectivity index (χ4v) is 1.71. The van der Waals surface area contributed by atoms with Crippen LogP contribution in [0.1, 0.15) is 10.4 Å². The fourth-order valence-electron chi connectivity index (χ4n) is 1.71. The summed E-state index contributed by atoms with van der Waals surface area (Å²) >= 11 is 0. The van der Waals surface area contributed by atoms with Crippen molar-refractivity contribution in [2.75, 3.05) is 24.6 Å². The lowest BCUT2D eigenvalue weighted by atomic mass is 10.00. The lowest BCUT2D eigenvalue weighted by Crippen LogP contribution is -2.48. The van der Waals surface area contributed by atoms with Crippen LogP contribution in [0.4, 0.5) is 5.69 Å². The van der Waals surface area contributed by atoms with Gasteiger partial charge in [-0.1, -0.05) is 0 Å². The summed E-state index contributed by atoms with van der Waals surface area (Å²) in [7, 11) is 0. The van der Waals surface area contributed by atoms with Crippen molar-refractivity contribution < 1.29 is 15.0 Å². The molecule has 0 atom stereocenters. The van der Waals surface area contributed by atoms with E-state index in [9.17, 15) is 4.79 Å². The van der Waals surface area contributed by atoms with Crippen LogP contribution < -0.4 is 4.90 Å². The molecule has 0 amide bonds. The molecule has 4 heteroatoms. The highest BCUT2D eigenvalue weighted by Gasteiger charge is 2.25. The van der Waals surface area contributed by atoms with Crippen LogP contribution in [0.2, 0.25) is 0 Å². The Morgan fingerprint density at radius 3 is 2.40 bits per heavy atom. The predicted octanol–water partition coefficient (Wildman–Crippen LogP) is 0.813. The molecule has 0 bridgehead atoms. The minimum atomic E-state index is -0.904. The molecule has 2 rings (SSSR count). The summed E-state index contributed by atoms with van der Waals surface area (Å²) in [6, 6.07) is 6.81. The molecular weight excluding hydrogens is 194 g/mol. The van der Waals surface area contributed by atoms with E-state index in [-0.39, 0.29) is 6.61 Å². The SMILES string of the molecule is O=C(O)c1ccc(N2CC(CO)C2)cc1. The Hall–Kier alpha value is -1.55. The van der Waals surface area contributed by atoms with Gasteiger partial charge in [0.15, 0.2) is 0 Å². The molecule has 0 spiro atoms. The molecule has 4 nitrogen and oxygen atoms in total. The highest BCUT2D eigenvalue weighted by atomic mass is 16.4. The average Bonchev–Trinajstić information content (AvgIpc) is 2.17. The van der Waals surface area contributed by atoms with Crippen molar-refractivity contribution in [1.29, 1.82) is 0 Å². The molecule has 1 heterocycles. The number of benzene rings is 1. The Kier molecular flexibility index (Phi) is 2.60. The van der Waals surface area contributed by atoms with Gasteiger partial charge in [-0.15, -0.1) is 0 Å². The lowest BCUT2D eigenvalue weighted by molar-refractivity contribution is 0.0697. The molecule has 1 aromatic carbocycles. The third kappa shape index (κ3) is 1.94. The van der Waals surface area contributed by atoms with E-state index in [0.29, 0.717) is 11.5 Å². The summed E-state index contributed by atoms with van der Waals surface area (Å²) in [5, 5.41) is 17.6. The molecule has 0 unspecified atom stereocenters. The Bertz CT molecular complexity index is 355. The monoisotopic (exact) mass is 207 g/mol. The van der Waals surface area contributed by atoms with E-state index in [1.54, 1.807) is 24.3 Å². The van der Waals surface area contributed by atoms with Crippen LogP contribution in [0.15, 0.2) is 24.3 Å². The molecule has 1 aliphatic heterocycles. The van der Waals surface area contributed by atoms with Gasteiger partial charge in [0.2, 0.25) is 0 Å². The minimum absolute atomic E-state index is 0.226. The normalized spacial score (nSPS) is 16.2. The van der Waals surface area contributed by atoms with Gasteiger partial charge in [-0.05, 0) is 24.3 Å². The first-order valence-electron chi connectivity index (χ1n) is 4.90. The van der Waals surface area contributed by atoms with Gasteiger partial charge in [-0.25, -0.2) is 4.79 Å². The summed E-state index contributed by atoms with van der Waals surface area (Å²) in [6.45, 7) is 1.93. The number of rotatable bonds is 3. The molecule has 2 N–H and O–H groups in total. The number of aliphatic hydroxyl groups excluding tert-OH is 1. The maximum atomic E-state index is 10.6. The molecule has 0 radical (unpaired) electrons. The number of nitrogens with zero attached hydrogens (tertiary/aromatic N) is 1. The summed E-state index contributed by atoms with van der Waals surface area (Å²) in [5.74, 6) is -0.539. The second kappa shape index (κ2) is 3.90. The van der Waals surface area contributed by atoms with Gasteiger partial charge >= 0.3 is 5.97 Å². The van der Waals surface area contributed by atoms with E-state index in [1.165, 1.54) is 0 Å². The van der Waals surface area contributed by atoms with E-state index < -0.39 is 5.97 Å². The third-order valence-electron chi connectivity index (χ3n) is 2.69. The van der Waals surface area contributed by atoms with Crippen LogP contribution in [0.5, 0.6) is 0 Å². The zero-order chi connectivity index (χ0) is 10.8. The molecule has 1 fully saturated rings. The van der Waals surface area contributed by atoms with Crippen molar-refractivity contribution in [1.82, 2.24) is 0 Å². The van der Waals surface area contributed by atoms with Gasteiger partial charge in [-0.3, -0.25) is 0 Å². The van der Waals surface area contributed by atoms with Crippen molar-refractivity contribution in [3.8, 4) is 0 Å². The maximum Gasteiger partial charge on any atom is 0.335 e. The minimum Gasteiger partial charge on any atom is -0.478 e. The van der Waals surface area contributed by atoms with Gasteiger partial charge in [-0.2, -0.15) is 0 Å². The summed E-state index contributed by atoms with van der Waals surface area (Å²) in [6.07, 6.45) is 0. The predicted molar refractivity (Wildman–Crippen MR) is 56.2 cm³/mol. The lowest BCUT2D eigenvalue weighted by Gasteiger charge is -2.40. The first-order valence-corrected chi connectivity index (χ1v) is 4.90. The van der Waals surface area contributed by atoms with Crippen LogP contribution in [0, 0.1) is 5.92 Å². The van der Waals surface area contributed by atoms with Gasteiger partial charge in [0.25, 0.3) is 0 Å². The number of anilines is 1. The zero-order valence-corrected chi connectivity index (χ0v) is 8.26. The number of hydrogen-bond donors (Lipinski definition) is 2. The van der Waals surface area contributed by atoms with Crippen LogP contribution >= 0.6 is 0 Å². The molecular formula is C11H13NO3. The van der Waals surface area contributed by atoms with Crippen LogP contribution in [-0.4, -0.2) is 35.9 Å². The average molecular weight is 207 g/mol. The van der Waals surface area contributed by atoms with Gasteiger partial charge in [0.05, 0.1) is 5.56 Å². The molecule has 0 aromatic heterocycles. The number of hydrogen-bond acceptors (Lipinski definition) is 3. The zero-order valence-electron chi connectivity index (χ0n) is 8.26. The van der Waals surface area contributed by atoms with Crippen molar-refractivity contribution in [2.24, 2.45) is 5.92 Å². The van der Waals surface area contributed by atoms with E-state index in [1.807, 2.05) is 0 Å². The molecule has 15 heavy (non-hydrogen) atoms. The van der Waals surface area contributed by atoms with E-state index >= 15 is 0 Å². The van der Waals surface area contributed by atoms with Gasteiger partial charge in [0, 0.05) is 31.3 Å². The van der Waals surface area contributed by atoms with Crippen LogP contribution in [-0.2, 0) is 0 Å². The number of carboxylic acids is 1. The molecule has 0 saturated carbocycles. The number of aliphatic hydroxyl groups is 1. The largest absolute Gasteiger partial charge is 0.478 e. The van der Waals surface area contributed by atoms with Crippen LogP contribution in [0.25, 0.3) is 0 Å². The quantitative estimate of drug-likeness (QED) is 0.770. The standard InChI is InChI=1S/C11H13NO3/c13-7-8-5-12(6-8)10-3-1-9(2-4-10)11(14)15/h1-4,8,13H,5-7H2,(H,14,15). The van der Waals surface area contributed by atoms with E-state index in [2.05, 4.69) is 4.90 Å². The number of carboxylic acid groups (broad SMARTS) is 1.